The number of rotatable bonds is 9. The fraction of sp³-hybridized carbons (Fsp3) is 0.269. The number of benzene rings is 2. The van der Waals surface area contributed by atoms with Gasteiger partial charge in [-0.2, -0.15) is 0 Å². The molecule has 3 aromatic rings. The highest BCUT2D eigenvalue weighted by molar-refractivity contribution is 5.76. The van der Waals surface area contributed by atoms with Crippen molar-refractivity contribution < 1.29 is 4.79 Å². The zero-order valence-corrected chi connectivity index (χ0v) is 17.3. The fourth-order valence-corrected chi connectivity index (χ4v) is 4.00. The Balaban J connectivity index is 1.92. The van der Waals surface area contributed by atoms with E-state index >= 15 is 0 Å². The predicted molar refractivity (Wildman–Crippen MR) is 118 cm³/mol. The number of hydrogen-bond donors (Lipinski definition) is 1. The van der Waals surface area contributed by atoms with Crippen LogP contribution < -0.4 is 5.73 Å². The first-order chi connectivity index (χ1) is 14.0. The summed E-state index contributed by atoms with van der Waals surface area (Å²) in [6.07, 6.45) is 6.57. The fourth-order valence-electron chi connectivity index (χ4n) is 4.00. The van der Waals surface area contributed by atoms with Crippen LogP contribution in [0.4, 0.5) is 0 Å². The molecule has 1 amide bonds. The molecule has 0 aliphatic carbocycles. The molecule has 149 valence electrons. The zero-order valence-electron chi connectivity index (χ0n) is 17.3. The summed E-state index contributed by atoms with van der Waals surface area (Å²) in [6, 6.07) is 20.9. The Morgan fingerprint density at radius 1 is 0.966 bits per heavy atom. The molecule has 2 aromatic carbocycles. The van der Waals surface area contributed by atoms with Crippen LogP contribution in [-0.4, -0.2) is 10.9 Å². The molecule has 0 fully saturated rings. The van der Waals surface area contributed by atoms with Gasteiger partial charge in [0.1, 0.15) is 0 Å². The van der Waals surface area contributed by atoms with Crippen LogP contribution in [0.1, 0.15) is 46.6 Å². The third-order valence-corrected chi connectivity index (χ3v) is 5.60. The summed E-state index contributed by atoms with van der Waals surface area (Å²) in [6.45, 7) is 4.27. The van der Waals surface area contributed by atoms with Crippen LogP contribution in [-0.2, 0) is 17.6 Å². The average Bonchev–Trinajstić information content (AvgIpc) is 2.72. The lowest BCUT2D eigenvalue weighted by Crippen LogP contribution is -2.23. The van der Waals surface area contributed by atoms with E-state index in [1.165, 1.54) is 33.7 Å². The second kappa shape index (κ2) is 10.0. The van der Waals surface area contributed by atoms with Crippen molar-refractivity contribution in [3.63, 3.8) is 0 Å². The van der Waals surface area contributed by atoms with Gasteiger partial charge in [-0.3, -0.25) is 9.78 Å². The Kier molecular flexibility index (Phi) is 7.18. The first kappa shape index (κ1) is 20.8. The van der Waals surface area contributed by atoms with Crippen molar-refractivity contribution in [2.45, 2.75) is 45.4 Å². The van der Waals surface area contributed by atoms with Gasteiger partial charge in [-0.25, -0.2) is 0 Å². The van der Waals surface area contributed by atoms with Crippen LogP contribution in [0, 0.1) is 19.8 Å². The maximum absolute atomic E-state index is 12.0. The predicted octanol–water partition coefficient (Wildman–Crippen LogP) is 5.11. The Bertz CT molecular complexity index is 936. The number of aryl methyl sites for hydroxylation is 3. The lowest BCUT2D eigenvalue weighted by Gasteiger charge is -2.28. The molecule has 0 spiro atoms. The van der Waals surface area contributed by atoms with Crippen molar-refractivity contribution in [2.24, 2.45) is 5.73 Å². The lowest BCUT2D eigenvalue weighted by molar-refractivity contribution is -0.117. The molecule has 3 nitrogen and oxygen atoms in total. The minimum Gasteiger partial charge on any atom is -0.370 e. The molecule has 1 aromatic heterocycles. The van der Waals surface area contributed by atoms with Crippen LogP contribution in [0.25, 0.3) is 0 Å². The van der Waals surface area contributed by atoms with Gasteiger partial charge in [-0.15, -0.1) is 0 Å². The Hall–Kier alpha value is -2.94. The van der Waals surface area contributed by atoms with Crippen molar-refractivity contribution >= 4 is 5.91 Å². The van der Waals surface area contributed by atoms with Crippen LogP contribution in [0.2, 0.25) is 0 Å². The number of carbonyl (C=O) groups is 1. The molecule has 0 saturated heterocycles. The van der Waals surface area contributed by atoms with E-state index in [4.69, 9.17) is 5.73 Å². The van der Waals surface area contributed by atoms with Crippen molar-refractivity contribution in [2.75, 3.05) is 0 Å². The van der Waals surface area contributed by atoms with E-state index in [9.17, 15) is 4.79 Å². The van der Waals surface area contributed by atoms with Gasteiger partial charge >= 0.3 is 0 Å². The number of aromatic nitrogens is 1. The Morgan fingerprint density at radius 3 is 2.34 bits per heavy atom. The summed E-state index contributed by atoms with van der Waals surface area (Å²) >= 11 is 0. The second-order valence-electron chi connectivity index (χ2n) is 7.70. The summed E-state index contributed by atoms with van der Waals surface area (Å²) in [5.41, 5.74) is 11.9. The van der Waals surface area contributed by atoms with E-state index in [0.717, 1.165) is 19.3 Å². The zero-order chi connectivity index (χ0) is 20.6. The van der Waals surface area contributed by atoms with Crippen molar-refractivity contribution in [3.05, 3.63) is 107 Å². The maximum Gasteiger partial charge on any atom is 0.218 e. The molecular weight excluding hydrogens is 356 g/mol. The van der Waals surface area contributed by atoms with Gasteiger partial charge in [0.25, 0.3) is 0 Å². The van der Waals surface area contributed by atoms with Crippen LogP contribution >= 0.6 is 0 Å². The van der Waals surface area contributed by atoms with E-state index in [0.29, 0.717) is 6.42 Å². The third kappa shape index (κ3) is 5.77. The Morgan fingerprint density at radius 2 is 1.69 bits per heavy atom. The van der Waals surface area contributed by atoms with Gasteiger partial charge < -0.3 is 5.73 Å². The molecule has 1 atom stereocenters. The lowest BCUT2D eigenvalue weighted by atomic mass is 9.76. The average molecular weight is 386 g/mol. The standard InChI is InChI=1S/C26H29N2O/c1-19-8-3-5-11-22(19)13-14-23(17-26(27)29)25(16-21-10-7-15-28-18-21)24-12-6-4-9-20(24)2/h3-12,15,18,25H,13-14,16-17H2,1-2H3,(H2,27,29). The summed E-state index contributed by atoms with van der Waals surface area (Å²) in [7, 11) is 0. The summed E-state index contributed by atoms with van der Waals surface area (Å²) in [4.78, 5) is 16.2. The topological polar surface area (TPSA) is 56.0 Å². The number of nitrogens with two attached hydrogens (primary N) is 1. The van der Waals surface area contributed by atoms with E-state index in [2.05, 4.69) is 73.4 Å². The SMILES string of the molecule is Cc1ccccc1CC[C](CC(N)=O)C(Cc1cccnc1)c1ccccc1C. The van der Waals surface area contributed by atoms with Crippen LogP contribution in [0.15, 0.2) is 73.1 Å². The number of pyridine rings is 1. The summed E-state index contributed by atoms with van der Waals surface area (Å²) < 4.78 is 0. The highest BCUT2D eigenvalue weighted by Gasteiger charge is 2.27. The van der Waals surface area contributed by atoms with E-state index in [-0.39, 0.29) is 11.8 Å². The number of nitrogens with zero attached hydrogens (tertiary/aromatic N) is 1. The number of primary amides is 1. The molecule has 3 rings (SSSR count). The van der Waals surface area contributed by atoms with Gasteiger partial charge in [0.15, 0.2) is 0 Å². The summed E-state index contributed by atoms with van der Waals surface area (Å²) in [5, 5.41) is 0. The quantitative estimate of drug-likeness (QED) is 0.557. The molecule has 0 saturated carbocycles. The molecule has 0 aliphatic rings. The molecule has 2 N–H and O–H groups in total. The van der Waals surface area contributed by atoms with Crippen molar-refractivity contribution in [1.29, 1.82) is 0 Å². The normalized spacial score (nSPS) is 12.1. The number of carbonyl (C=O) groups excluding carboxylic acids is 1. The van der Waals surface area contributed by atoms with Gasteiger partial charge in [-0.05, 0) is 78.8 Å². The van der Waals surface area contributed by atoms with Gasteiger partial charge in [-0.1, -0.05) is 54.6 Å². The van der Waals surface area contributed by atoms with Gasteiger partial charge in [0.05, 0.1) is 0 Å². The molecule has 1 unspecified atom stereocenters. The maximum atomic E-state index is 12.0. The molecule has 0 bridgehead atoms. The molecule has 0 aliphatic heterocycles. The largest absolute Gasteiger partial charge is 0.370 e. The van der Waals surface area contributed by atoms with E-state index < -0.39 is 0 Å². The highest BCUT2D eigenvalue weighted by Crippen LogP contribution is 2.37. The number of amides is 1. The van der Waals surface area contributed by atoms with Crippen LogP contribution in [0.3, 0.4) is 0 Å². The first-order valence-electron chi connectivity index (χ1n) is 10.2. The number of hydrogen-bond acceptors (Lipinski definition) is 2. The van der Waals surface area contributed by atoms with E-state index in [1.54, 1.807) is 6.20 Å². The van der Waals surface area contributed by atoms with Gasteiger partial charge in [0.2, 0.25) is 5.91 Å². The monoisotopic (exact) mass is 385 g/mol. The van der Waals surface area contributed by atoms with Crippen molar-refractivity contribution in [3.8, 4) is 0 Å². The smallest absolute Gasteiger partial charge is 0.218 e. The molecule has 1 radical (unpaired) electrons. The Labute approximate surface area is 174 Å². The molecular formula is C26H29N2O. The summed E-state index contributed by atoms with van der Waals surface area (Å²) in [5.74, 6) is 1.06. The second-order valence-corrected chi connectivity index (χ2v) is 7.70. The molecule has 1 heterocycles. The minimum absolute atomic E-state index is 0.136. The van der Waals surface area contributed by atoms with E-state index in [1.807, 2.05) is 12.3 Å². The van der Waals surface area contributed by atoms with Gasteiger partial charge in [0, 0.05) is 18.8 Å². The highest BCUT2D eigenvalue weighted by atomic mass is 16.1. The molecule has 3 heteroatoms. The van der Waals surface area contributed by atoms with Crippen LogP contribution in [0.5, 0.6) is 0 Å². The third-order valence-electron chi connectivity index (χ3n) is 5.60. The first-order valence-corrected chi connectivity index (χ1v) is 10.2. The minimum atomic E-state index is -0.269. The molecule has 29 heavy (non-hydrogen) atoms. The van der Waals surface area contributed by atoms with Crippen molar-refractivity contribution in [1.82, 2.24) is 4.98 Å².